The molecule has 3 aromatic rings. The first-order valence-electron chi connectivity index (χ1n) is 10.4. The SMILES string of the molecule is O=C(Nc1ccccc1)c1ccc(CN2CCN(S(=O)(=O)c3ccc(F)cc3)CC2)cc1. The summed E-state index contributed by atoms with van der Waals surface area (Å²) in [7, 11) is -3.62. The summed E-state index contributed by atoms with van der Waals surface area (Å²) in [6, 6.07) is 21.6. The summed E-state index contributed by atoms with van der Waals surface area (Å²) < 4.78 is 40.0. The zero-order chi connectivity index (χ0) is 22.6. The first-order chi connectivity index (χ1) is 15.4. The monoisotopic (exact) mass is 453 g/mol. The second-order valence-corrected chi connectivity index (χ2v) is 9.59. The number of carbonyl (C=O) groups is 1. The van der Waals surface area contributed by atoms with Crippen LogP contribution >= 0.6 is 0 Å². The van der Waals surface area contributed by atoms with Gasteiger partial charge in [-0.25, -0.2) is 12.8 Å². The highest BCUT2D eigenvalue weighted by Crippen LogP contribution is 2.19. The van der Waals surface area contributed by atoms with E-state index in [9.17, 15) is 17.6 Å². The quantitative estimate of drug-likeness (QED) is 0.619. The van der Waals surface area contributed by atoms with Gasteiger partial charge in [0.25, 0.3) is 5.91 Å². The molecular weight excluding hydrogens is 429 g/mol. The fraction of sp³-hybridized carbons (Fsp3) is 0.208. The molecule has 0 aliphatic carbocycles. The molecule has 32 heavy (non-hydrogen) atoms. The van der Waals surface area contributed by atoms with Gasteiger partial charge in [0.05, 0.1) is 4.90 Å². The Hall–Kier alpha value is -3.07. The van der Waals surface area contributed by atoms with Gasteiger partial charge in [-0.15, -0.1) is 0 Å². The van der Waals surface area contributed by atoms with Gasteiger partial charge in [-0.3, -0.25) is 9.69 Å². The normalized spacial score (nSPS) is 15.4. The molecule has 1 aliphatic heterocycles. The van der Waals surface area contributed by atoms with Crippen molar-refractivity contribution in [3.05, 3.63) is 95.8 Å². The van der Waals surface area contributed by atoms with E-state index in [1.807, 2.05) is 42.5 Å². The number of anilines is 1. The van der Waals surface area contributed by atoms with Crippen LogP contribution in [0.1, 0.15) is 15.9 Å². The van der Waals surface area contributed by atoms with Crippen molar-refractivity contribution in [2.24, 2.45) is 0 Å². The van der Waals surface area contributed by atoms with Gasteiger partial charge in [0.2, 0.25) is 10.0 Å². The Labute approximate surface area is 187 Å². The third-order valence-electron chi connectivity index (χ3n) is 5.44. The van der Waals surface area contributed by atoms with Crippen LogP contribution in [0, 0.1) is 5.82 Å². The lowest BCUT2D eigenvalue weighted by Crippen LogP contribution is -2.48. The van der Waals surface area contributed by atoms with E-state index in [1.54, 1.807) is 12.1 Å². The van der Waals surface area contributed by atoms with Crippen LogP contribution in [0.15, 0.2) is 83.8 Å². The predicted octanol–water partition coefficient (Wildman–Crippen LogP) is 3.58. The molecule has 0 bridgehead atoms. The van der Waals surface area contributed by atoms with Crippen molar-refractivity contribution >= 4 is 21.6 Å². The van der Waals surface area contributed by atoms with E-state index in [-0.39, 0.29) is 10.8 Å². The van der Waals surface area contributed by atoms with Crippen LogP contribution in [0.4, 0.5) is 10.1 Å². The summed E-state index contributed by atoms with van der Waals surface area (Å²) in [5.74, 6) is -0.625. The molecule has 0 aromatic heterocycles. The molecule has 6 nitrogen and oxygen atoms in total. The lowest BCUT2D eigenvalue weighted by molar-refractivity contribution is 0.102. The first kappa shape index (κ1) is 22.1. The van der Waals surface area contributed by atoms with Crippen molar-refractivity contribution in [1.82, 2.24) is 9.21 Å². The van der Waals surface area contributed by atoms with Gasteiger partial charge in [-0.1, -0.05) is 30.3 Å². The third-order valence-corrected chi connectivity index (χ3v) is 7.35. The van der Waals surface area contributed by atoms with Gasteiger partial charge in [0, 0.05) is 44.0 Å². The van der Waals surface area contributed by atoms with Crippen molar-refractivity contribution in [3.63, 3.8) is 0 Å². The lowest BCUT2D eigenvalue weighted by atomic mass is 10.1. The highest BCUT2D eigenvalue weighted by Gasteiger charge is 2.28. The van der Waals surface area contributed by atoms with Gasteiger partial charge in [0.1, 0.15) is 5.82 Å². The number of hydrogen-bond acceptors (Lipinski definition) is 4. The largest absolute Gasteiger partial charge is 0.322 e. The molecule has 1 N–H and O–H groups in total. The maximum absolute atomic E-state index is 13.1. The van der Waals surface area contributed by atoms with E-state index in [0.29, 0.717) is 38.3 Å². The Bertz CT molecular complexity index is 1160. The molecule has 1 saturated heterocycles. The molecule has 0 unspecified atom stereocenters. The average molecular weight is 454 g/mol. The summed E-state index contributed by atoms with van der Waals surface area (Å²) in [6.07, 6.45) is 0. The Morgan fingerprint density at radius 1 is 0.844 bits per heavy atom. The molecule has 0 saturated carbocycles. The van der Waals surface area contributed by atoms with Gasteiger partial charge in [-0.2, -0.15) is 4.31 Å². The standard InChI is InChI=1S/C24H24FN3O3S/c25-21-10-12-23(13-11-21)32(30,31)28-16-14-27(15-17-28)18-19-6-8-20(9-7-19)24(29)26-22-4-2-1-3-5-22/h1-13H,14-18H2,(H,26,29). The minimum atomic E-state index is -3.62. The summed E-state index contributed by atoms with van der Waals surface area (Å²) >= 11 is 0. The number of piperazine rings is 1. The van der Waals surface area contributed by atoms with Crippen molar-refractivity contribution in [1.29, 1.82) is 0 Å². The number of nitrogens with one attached hydrogen (secondary N) is 1. The van der Waals surface area contributed by atoms with Gasteiger partial charge in [0.15, 0.2) is 0 Å². The minimum Gasteiger partial charge on any atom is -0.322 e. The molecule has 4 rings (SSSR count). The minimum absolute atomic E-state index is 0.108. The van der Waals surface area contributed by atoms with E-state index >= 15 is 0 Å². The summed E-state index contributed by atoms with van der Waals surface area (Å²) in [5.41, 5.74) is 2.37. The van der Waals surface area contributed by atoms with Crippen LogP contribution < -0.4 is 5.32 Å². The number of amides is 1. The second-order valence-electron chi connectivity index (χ2n) is 7.65. The molecule has 0 spiro atoms. The summed E-state index contributed by atoms with van der Waals surface area (Å²) in [5, 5.41) is 2.86. The Morgan fingerprint density at radius 3 is 2.09 bits per heavy atom. The molecule has 8 heteroatoms. The number of para-hydroxylation sites is 1. The van der Waals surface area contributed by atoms with E-state index in [2.05, 4.69) is 10.2 Å². The van der Waals surface area contributed by atoms with E-state index in [0.717, 1.165) is 23.4 Å². The van der Waals surface area contributed by atoms with Crippen LogP contribution in [-0.4, -0.2) is 49.7 Å². The van der Waals surface area contributed by atoms with Crippen LogP contribution in [0.3, 0.4) is 0 Å². The van der Waals surface area contributed by atoms with Crippen LogP contribution in [0.25, 0.3) is 0 Å². The van der Waals surface area contributed by atoms with Crippen molar-refractivity contribution < 1.29 is 17.6 Å². The smallest absolute Gasteiger partial charge is 0.255 e. The van der Waals surface area contributed by atoms with Crippen molar-refractivity contribution in [2.45, 2.75) is 11.4 Å². The number of benzene rings is 3. The van der Waals surface area contributed by atoms with Crippen LogP contribution in [0.2, 0.25) is 0 Å². The molecule has 1 heterocycles. The Kier molecular flexibility index (Phi) is 6.64. The van der Waals surface area contributed by atoms with Crippen LogP contribution in [-0.2, 0) is 16.6 Å². The lowest BCUT2D eigenvalue weighted by Gasteiger charge is -2.34. The molecule has 166 valence electrons. The first-order valence-corrected chi connectivity index (χ1v) is 11.8. The van der Waals surface area contributed by atoms with Crippen molar-refractivity contribution in [2.75, 3.05) is 31.5 Å². The van der Waals surface area contributed by atoms with Gasteiger partial charge < -0.3 is 5.32 Å². The van der Waals surface area contributed by atoms with E-state index < -0.39 is 15.8 Å². The number of rotatable bonds is 6. The van der Waals surface area contributed by atoms with Crippen molar-refractivity contribution in [3.8, 4) is 0 Å². The topological polar surface area (TPSA) is 69.7 Å². The fourth-order valence-corrected chi connectivity index (χ4v) is 5.05. The molecule has 1 aliphatic rings. The van der Waals surface area contributed by atoms with E-state index in [1.165, 1.54) is 16.4 Å². The molecule has 0 radical (unpaired) electrons. The number of sulfonamides is 1. The molecule has 0 atom stereocenters. The number of hydrogen-bond donors (Lipinski definition) is 1. The maximum atomic E-state index is 13.1. The number of nitrogens with zero attached hydrogens (tertiary/aromatic N) is 2. The third kappa shape index (κ3) is 5.21. The average Bonchev–Trinajstić information content (AvgIpc) is 2.81. The zero-order valence-electron chi connectivity index (χ0n) is 17.4. The second kappa shape index (κ2) is 9.60. The predicted molar refractivity (Wildman–Crippen MR) is 121 cm³/mol. The number of carbonyl (C=O) groups excluding carboxylic acids is 1. The summed E-state index contributed by atoms with van der Waals surface area (Å²) in [4.78, 5) is 14.7. The maximum Gasteiger partial charge on any atom is 0.255 e. The molecule has 3 aromatic carbocycles. The zero-order valence-corrected chi connectivity index (χ0v) is 18.3. The van der Waals surface area contributed by atoms with Crippen LogP contribution in [0.5, 0.6) is 0 Å². The van der Waals surface area contributed by atoms with E-state index in [4.69, 9.17) is 0 Å². The highest BCUT2D eigenvalue weighted by molar-refractivity contribution is 7.89. The molecule has 1 amide bonds. The highest BCUT2D eigenvalue weighted by atomic mass is 32.2. The van der Waals surface area contributed by atoms with Gasteiger partial charge in [-0.05, 0) is 54.1 Å². The Morgan fingerprint density at radius 2 is 1.47 bits per heavy atom. The fourth-order valence-electron chi connectivity index (χ4n) is 3.63. The molecular formula is C24H24FN3O3S. The number of halogens is 1. The Balaban J connectivity index is 1.31. The van der Waals surface area contributed by atoms with Gasteiger partial charge >= 0.3 is 0 Å². The molecule has 1 fully saturated rings. The summed E-state index contributed by atoms with van der Waals surface area (Å²) in [6.45, 7) is 2.60.